The Morgan fingerprint density at radius 2 is 2.22 bits per heavy atom. The van der Waals surface area contributed by atoms with E-state index in [2.05, 4.69) is 19.2 Å². The third-order valence-electron chi connectivity index (χ3n) is 4.04. The molecule has 2 saturated heterocycles. The Labute approximate surface area is 110 Å². The second-order valence-corrected chi connectivity index (χ2v) is 5.73. The molecule has 2 aliphatic heterocycles. The molecular formula is C14H26N2O2. The zero-order chi connectivity index (χ0) is 13.0. The van der Waals surface area contributed by atoms with Gasteiger partial charge >= 0.3 is 0 Å². The molecule has 1 amide bonds. The predicted octanol–water partition coefficient (Wildman–Crippen LogP) is 1.54. The van der Waals surface area contributed by atoms with Crippen LogP contribution in [0.4, 0.5) is 0 Å². The first-order valence-corrected chi connectivity index (χ1v) is 7.31. The van der Waals surface area contributed by atoms with Crippen LogP contribution in [0.1, 0.15) is 46.0 Å². The molecule has 0 radical (unpaired) electrons. The lowest BCUT2D eigenvalue weighted by molar-refractivity contribution is -0.135. The van der Waals surface area contributed by atoms with Gasteiger partial charge in [0.15, 0.2) is 0 Å². The van der Waals surface area contributed by atoms with E-state index in [0.29, 0.717) is 30.5 Å². The van der Waals surface area contributed by atoms with Crippen LogP contribution in [0.2, 0.25) is 0 Å². The van der Waals surface area contributed by atoms with Gasteiger partial charge in [0.2, 0.25) is 5.91 Å². The Morgan fingerprint density at radius 1 is 1.39 bits per heavy atom. The van der Waals surface area contributed by atoms with Crippen molar-refractivity contribution in [1.82, 2.24) is 10.2 Å². The highest BCUT2D eigenvalue weighted by atomic mass is 16.5. The standard InChI is InChI=1S/C14H26N2O2/c1-11-10-16(12(2)9-15-11)14(17)7-6-13-5-3-4-8-18-13/h11-13,15H,3-10H2,1-2H3. The molecule has 2 fully saturated rings. The Kier molecular flexibility index (Phi) is 5.01. The zero-order valence-corrected chi connectivity index (χ0v) is 11.7. The van der Waals surface area contributed by atoms with Crippen molar-refractivity contribution in [2.45, 2.75) is 64.1 Å². The molecule has 0 spiro atoms. The topological polar surface area (TPSA) is 41.6 Å². The molecular weight excluding hydrogens is 228 g/mol. The fourth-order valence-electron chi connectivity index (χ4n) is 2.83. The second-order valence-electron chi connectivity index (χ2n) is 5.73. The summed E-state index contributed by atoms with van der Waals surface area (Å²) in [4.78, 5) is 14.3. The number of hydrogen-bond donors (Lipinski definition) is 1. The molecule has 3 unspecified atom stereocenters. The lowest BCUT2D eigenvalue weighted by Gasteiger charge is -2.38. The van der Waals surface area contributed by atoms with Crippen molar-refractivity contribution in [2.24, 2.45) is 0 Å². The van der Waals surface area contributed by atoms with Crippen molar-refractivity contribution in [2.75, 3.05) is 19.7 Å². The maximum Gasteiger partial charge on any atom is 0.223 e. The van der Waals surface area contributed by atoms with Crippen LogP contribution in [0.15, 0.2) is 0 Å². The van der Waals surface area contributed by atoms with E-state index in [1.54, 1.807) is 0 Å². The van der Waals surface area contributed by atoms with Gasteiger partial charge in [-0.25, -0.2) is 0 Å². The quantitative estimate of drug-likeness (QED) is 0.831. The average molecular weight is 254 g/mol. The SMILES string of the molecule is CC1CN(C(=O)CCC2CCCCO2)C(C)CN1. The van der Waals surface area contributed by atoms with Crippen molar-refractivity contribution in [1.29, 1.82) is 0 Å². The highest BCUT2D eigenvalue weighted by molar-refractivity contribution is 5.76. The van der Waals surface area contributed by atoms with Gasteiger partial charge in [-0.3, -0.25) is 4.79 Å². The first kappa shape index (κ1) is 13.8. The lowest BCUT2D eigenvalue weighted by atomic mass is 10.0. The number of piperazine rings is 1. The van der Waals surface area contributed by atoms with Gasteiger partial charge in [-0.1, -0.05) is 0 Å². The first-order chi connectivity index (χ1) is 8.66. The molecule has 0 saturated carbocycles. The summed E-state index contributed by atoms with van der Waals surface area (Å²) in [5, 5.41) is 3.40. The number of amides is 1. The largest absolute Gasteiger partial charge is 0.378 e. The third-order valence-corrected chi connectivity index (χ3v) is 4.04. The van der Waals surface area contributed by atoms with Gasteiger partial charge in [0.05, 0.1) is 6.10 Å². The van der Waals surface area contributed by atoms with Gasteiger partial charge in [-0.15, -0.1) is 0 Å². The van der Waals surface area contributed by atoms with E-state index in [9.17, 15) is 4.79 Å². The normalized spacial score (nSPS) is 33.4. The van der Waals surface area contributed by atoms with Crippen LogP contribution in [-0.2, 0) is 9.53 Å². The molecule has 0 aromatic rings. The molecule has 2 aliphatic rings. The van der Waals surface area contributed by atoms with Crippen molar-refractivity contribution < 1.29 is 9.53 Å². The van der Waals surface area contributed by atoms with E-state index in [1.807, 2.05) is 4.90 Å². The minimum absolute atomic E-state index is 0.296. The predicted molar refractivity (Wildman–Crippen MR) is 71.5 cm³/mol. The van der Waals surface area contributed by atoms with E-state index in [1.165, 1.54) is 12.8 Å². The van der Waals surface area contributed by atoms with Crippen LogP contribution in [0, 0.1) is 0 Å². The Morgan fingerprint density at radius 3 is 2.94 bits per heavy atom. The van der Waals surface area contributed by atoms with E-state index in [0.717, 1.165) is 32.5 Å². The summed E-state index contributed by atoms with van der Waals surface area (Å²) in [6.45, 7) is 6.88. The molecule has 0 aliphatic carbocycles. The van der Waals surface area contributed by atoms with Gasteiger partial charge in [0.1, 0.15) is 0 Å². The summed E-state index contributed by atoms with van der Waals surface area (Å²) in [5.74, 6) is 0.296. The number of carbonyl (C=O) groups is 1. The van der Waals surface area contributed by atoms with Crippen LogP contribution in [0.25, 0.3) is 0 Å². The number of nitrogens with zero attached hydrogens (tertiary/aromatic N) is 1. The van der Waals surface area contributed by atoms with Crippen LogP contribution in [0.5, 0.6) is 0 Å². The number of rotatable bonds is 3. The molecule has 1 N–H and O–H groups in total. The summed E-state index contributed by atoms with van der Waals surface area (Å²) in [6.07, 6.45) is 5.40. The summed E-state index contributed by atoms with van der Waals surface area (Å²) in [7, 11) is 0. The maximum absolute atomic E-state index is 12.2. The van der Waals surface area contributed by atoms with E-state index in [4.69, 9.17) is 4.74 Å². The van der Waals surface area contributed by atoms with Crippen LogP contribution >= 0.6 is 0 Å². The summed E-state index contributed by atoms with van der Waals surface area (Å²) in [6, 6.07) is 0.733. The van der Waals surface area contributed by atoms with Gasteiger partial charge in [0.25, 0.3) is 0 Å². The average Bonchev–Trinajstić information content (AvgIpc) is 2.40. The van der Waals surface area contributed by atoms with Gasteiger partial charge in [-0.2, -0.15) is 0 Å². The number of nitrogens with one attached hydrogen (secondary N) is 1. The molecule has 4 heteroatoms. The summed E-state index contributed by atoms with van der Waals surface area (Å²) in [5.41, 5.74) is 0. The van der Waals surface area contributed by atoms with Crippen molar-refractivity contribution in [3.05, 3.63) is 0 Å². The van der Waals surface area contributed by atoms with Crippen molar-refractivity contribution in [3.63, 3.8) is 0 Å². The number of ether oxygens (including phenoxy) is 1. The highest BCUT2D eigenvalue weighted by Crippen LogP contribution is 2.18. The monoisotopic (exact) mass is 254 g/mol. The van der Waals surface area contributed by atoms with Gasteiger partial charge < -0.3 is 15.0 Å². The molecule has 0 aromatic heterocycles. The van der Waals surface area contributed by atoms with E-state index >= 15 is 0 Å². The molecule has 0 aromatic carbocycles. The van der Waals surface area contributed by atoms with Crippen LogP contribution < -0.4 is 5.32 Å². The van der Waals surface area contributed by atoms with Crippen LogP contribution in [-0.4, -0.2) is 48.7 Å². The molecule has 4 nitrogen and oxygen atoms in total. The molecule has 2 heterocycles. The smallest absolute Gasteiger partial charge is 0.223 e. The van der Waals surface area contributed by atoms with E-state index in [-0.39, 0.29) is 0 Å². The summed E-state index contributed by atoms with van der Waals surface area (Å²) >= 11 is 0. The Balaban J connectivity index is 1.75. The molecule has 2 rings (SSSR count). The fraction of sp³-hybridized carbons (Fsp3) is 0.929. The third kappa shape index (κ3) is 3.69. The molecule has 0 bridgehead atoms. The van der Waals surface area contributed by atoms with Crippen molar-refractivity contribution >= 4 is 5.91 Å². The maximum atomic E-state index is 12.2. The summed E-state index contributed by atoms with van der Waals surface area (Å²) < 4.78 is 5.68. The van der Waals surface area contributed by atoms with E-state index < -0.39 is 0 Å². The minimum atomic E-state index is 0.296. The first-order valence-electron chi connectivity index (χ1n) is 7.31. The fourth-order valence-corrected chi connectivity index (χ4v) is 2.83. The van der Waals surface area contributed by atoms with Crippen LogP contribution in [0.3, 0.4) is 0 Å². The molecule has 104 valence electrons. The van der Waals surface area contributed by atoms with Crippen molar-refractivity contribution in [3.8, 4) is 0 Å². The minimum Gasteiger partial charge on any atom is -0.378 e. The number of hydrogen-bond acceptors (Lipinski definition) is 3. The van der Waals surface area contributed by atoms with Gasteiger partial charge in [-0.05, 0) is 39.5 Å². The van der Waals surface area contributed by atoms with Gasteiger partial charge in [0, 0.05) is 38.2 Å². The lowest BCUT2D eigenvalue weighted by Crippen LogP contribution is -2.56. The zero-order valence-electron chi connectivity index (χ0n) is 11.7. The number of carbonyl (C=O) groups excluding carboxylic acids is 1. The highest BCUT2D eigenvalue weighted by Gasteiger charge is 2.26. The second kappa shape index (κ2) is 6.53. The Hall–Kier alpha value is -0.610. The molecule has 3 atom stereocenters. The Bertz CT molecular complexity index is 277. The molecule has 18 heavy (non-hydrogen) atoms.